The quantitative estimate of drug-likeness (QED) is 0.219. The molecule has 4 aromatic carbocycles. The molecule has 9 nitrogen and oxygen atoms in total. The van der Waals surface area contributed by atoms with E-state index in [1.807, 2.05) is 30.3 Å². The Kier molecular flexibility index (Phi) is 11.4. The molecule has 0 unspecified atom stereocenters. The van der Waals surface area contributed by atoms with Crippen LogP contribution in [0.3, 0.4) is 0 Å². The first-order chi connectivity index (χ1) is 21.7. The number of nitrogens with zero attached hydrogens (tertiary/aromatic N) is 1. The Hall–Kier alpha value is -5.10. The van der Waals surface area contributed by atoms with Gasteiger partial charge < -0.3 is 20.1 Å². The number of carbonyl (C=O) groups is 3. The highest BCUT2D eigenvalue weighted by atomic mass is 32.2. The summed E-state index contributed by atoms with van der Waals surface area (Å²) in [5.74, 6) is -3.54. The van der Waals surface area contributed by atoms with Crippen LogP contribution in [0.1, 0.15) is 17.2 Å². The molecule has 0 saturated heterocycles. The average molecular weight is 636 g/mol. The van der Waals surface area contributed by atoms with Gasteiger partial charge in [0.25, 0.3) is 0 Å². The van der Waals surface area contributed by atoms with Gasteiger partial charge in [0.15, 0.2) is 11.5 Å². The zero-order valence-corrected chi connectivity index (χ0v) is 25.3. The van der Waals surface area contributed by atoms with Crippen molar-refractivity contribution in [2.75, 3.05) is 35.9 Å². The van der Waals surface area contributed by atoms with E-state index in [1.54, 1.807) is 18.2 Å². The van der Waals surface area contributed by atoms with Gasteiger partial charge in [-0.1, -0.05) is 36.4 Å². The van der Waals surface area contributed by atoms with Crippen LogP contribution in [0.25, 0.3) is 0 Å². The molecule has 2 N–H and O–H groups in total. The molecule has 12 heteroatoms. The fraction of sp³-hybridized carbons (Fsp3) is 0.182. The number of carbonyl (C=O) groups excluding carboxylic acids is 3. The normalized spacial score (nSPS) is 12.0. The number of amides is 3. The highest BCUT2D eigenvalue weighted by Crippen LogP contribution is 2.34. The molecule has 0 heterocycles. The fourth-order valence-corrected chi connectivity index (χ4v) is 5.38. The van der Waals surface area contributed by atoms with E-state index in [9.17, 15) is 27.4 Å². The van der Waals surface area contributed by atoms with Crippen LogP contribution < -0.4 is 25.0 Å². The average Bonchev–Trinajstić information content (AvgIpc) is 3.04. The summed E-state index contributed by atoms with van der Waals surface area (Å²) < 4.78 is 51.0. The summed E-state index contributed by atoms with van der Waals surface area (Å²) in [5, 5.41) is 5.36. The SMILES string of the molecule is COc1ccc([C@H](C(=O)NCc2ccccc2)N(C(=O)C[S@](=O)CC(=O)Nc2ccc(F)cc2)c2ccc(F)cc2)cc1OC. The van der Waals surface area contributed by atoms with Crippen molar-refractivity contribution >= 4 is 39.9 Å². The number of ether oxygens (including phenoxy) is 2. The molecule has 4 aromatic rings. The second-order valence-electron chi connectivity index (χ2n) is 9.74. The number of benzene rings is 4. The molecule has 4 rings (SSSR count). The lowest BCUT2D eigenvalue weighted by Gasteiger charge is -2.32. The summed E-state index contributed by atoms with van der Waals surface area (Å²) in [6, 6.07) is 22.5. The van der Waals surface area contributed by atoms with Gasteiger partial charge in [0.05, 0.1) is 14.2 Å². The maximum absolute atomic E-state index is 14.0. The summed E-state index contributed by atoms with van der Waals surface area (Å²) in [5.41, 5.74) is 1.59. The maximum atomic E-state index is 14.0. The van der Waals surface area contributed by atoms with E-state index in [4.69, 9.17) is 9.47 Å². The highest BCUT2D eigenvalue weighted by molar-refractivity contribution is 7.86. The van der Waals surface area contributed by atoms with Crippen molar-refractivity contribution in [1.29, 1.82) is 0 Å². The predicted octanol–water partition coefficient (Wildman–Crippen LogP) is 4.76. The van der Waals surface area contributed by atoms with E-state index < -0.39 is 57.7 Å². The molecule has 0 spiro atoms. The van der Waals surface area contributed by atoms with Crippen LogP contribution in [0.2, 0.25) is 0 Å². The lowest BCUT2D eigenvalue weighted by molar-refractivity contribution is -0.126. The topological polar surface area (TPSA) is 114 Å². The van der Waals surface area contributed by atoms with Crippen molar-refractivity contribution in [3.63, 3.8) is 0 Å². The van der Waals surface area contributed by atoms with Crippen molar-refractivity contribution < 1.29 is 36.8 Å². The van der Waals surface area contributed by atoms with E-state index in [2.05, 4.69) is 10.6 Å². The molecule has 0 bridgehead atoms. The Bertz CT molecular complexity index is 1650. The van der Waals surface area contributed by atoms with Crippen LogP contribution in [0, 0.1) is 11.6 Å². The van der Waals surface area contributed by atoms with Crippen molar-refractivity contribution in [2.45, 2.75) is 12.6 Å². The minimum Gasteiger partial charge on any atom is -0.493 e. The Morgan fingerprint density at radius 2 is 1.42 bits per heavy atom. The maximum Gasteiger partial charge on any atom is 0.248 e. The van der Waals surface area contributed by atoms with Gasteiger partial charge in [-0.15, -0.1) is 0 Å². The summed E-state index contributed by atoms with van der Waals surface area (Å²) in [6.07, 6.45) is 0. The zero-order valence-electron chi connectivity index (χ0n) is 24.5. The Balaban J connectivity index is 1.66. The minimum atomic E-state index is -2.02. The smallest absolute Gasteiger partial charge is 0.248 e. The lowest BCUT2D eigenvalue weighted by atomic mass is 10.0. The molecule has 45 heavy (non-hydrogen) atoms. The molecule has 0 aliphatic heterocycles. The third-order valence-corrected chi connectivity index (χ3v) is 7.77. The molecule has 0 fully saturated rings. The highest BCUT2D eigenvalue weighted by Gasteiger charge is 2.34. The van der Waals surface area contributed by atoms with Crippen molar-refractivity contribution in [1.82, 2.24) is 5.32 Å². The Labute approximate surface area is 261 Å². The first-order valence-corrected chi connectivity index (χ1v) is 15.2. The van der Waals surface area contributed by atoms with Crippen LogP contribution >= 0.6 is 0 Å². The van der Waals surface area contributed by atoms with E-state index >= 15 is 0 Å². The van der Waals surface area contributed by atoms with Gasteiger partial charge >= 0.3 is 0 Å². The molecule has 3 amide bonds. The number of anilines is 2. The van der Waals surface area contributed by atoms with Gasteiger partial charge in [0.2, 0.25) is 17.7 Å². The van der Waals surface area contributed by atoms with Gasteiger partial charge in [-0.25, -0.2) is 8.78 Å². The van der Waals surface area contributed by atoms with Gasteiger partial charge in [0.1, 0.15) is 29.2 Å². The molecule has 0 aromatic heterocycles. The van der Waals surface area contributed by atoms with E-state index in [-0.39, 0.29) is 12.2 Å². The van der Waals surface area contributed by atoms with Crippen molar-refractivity contribution in [2.24, 2.45) is 0 Å². The van der Waals surface area contributed by atoms with Crippen LogP contribution in [-0.4, -0.2) is 47.7 Å². The van der Waals surface area contributed by atoms with Crippen LogP contribution in [-0.2, 0) is 31.7 Å². The lowest BCUT2D eigenvalue weighted by Crippen LogP contribution is -2.45. The molecular formula is C33H31F2N3O6S. The van der Waals surface area contributed by atoms with Gasteiger partial charge in [-0.3, -0.25) is 23.5 Å². The van der Waals surface area contributed by atoms with Gasteiger partial charge in [-0.2, -0.15) is 0 Å². The zero-order chi connectivity index (χ0) is 32.3. The minimum absolute atomic E-state index is 0.143. The predicted molar refractivity (Wildman–Crippen MR) is 167 cm³/mol. The molecular weight excluding hydrogens is 604 g/mol. The van der Waals surface area contributed by atoms with Gasteiger partial charge in [0, 0.05) is 28.7 Å². The number of nitrogens with one attached hydrogen (secondary N) is 2. The monoisotopic (exact) mass is 635 g/mol. The summed E-state index contributed by atoms with van der Waals surface area (Å²) in [7, 11) is 0.866. The molecule has 0 aliphatic rings. The first-order valence-electron chi connectivity index (χ1n) is 13.7. The van der Waals surface area contributed by atoms with Crippen LogP contribution in [0.4, 0.5) is 20.2 Å². The third-order valence-electron chi connectivity index (χ3n) is 6.62. The summed E-state index contributed by atoms with van der Waals surface area (Å²) in [6.45, 7) is 0.143. The molecule has 234 valence electrons. The standard InChI is InChI=1S/C33H31F2N3O6S/c1-43-28-17-8-23(18-29(28)44-2)32(33(41)36-19-22-6-4-3-5-7-22)38(27-15-11-25(35)12-16-27)31(40)21-45(42)20-30(39)37-26-13-9-24(34)10-14-26/h3-18,32H,19-21H2,1-2H3,(H,36,41)(H,37,39)/t32-,45-/m1/s1. The molecule has 2 atom stereocenters. The van der Waals surface area contributed by atoms with E-state index in [0.29, 0.717) is 22.7 Å². The number of rotatable bonds is 13. The third kappa shape index (κ3) is 8.96. The molecule has 0 radical (unpaired) electrons. The first kappa shape index (κ1) is 32.8. The van der Waals surface area contributed by atoms with Crippen LogP contribution in [0.15, 0.2) is 97.1 Å². The number of hydrogen-bond acceptors (Lipinski definition) is 6. The second-order valence-corrected chi connectivity index (χ2v) is 11.2. The molecule has 0 saturated carbocycles. The number of methoxy groups -OCH3 is 2. The summed E-state index contributed by atoms with van der Waals surface area (Å²) in [4.78, 5) is 41.5. The molecule has 0 aliphatic carbocycles. The van der Waals surface area contributed by atoms with E-state index in [0.717, 1.165) is 34.7 Å². The van der Waals surface area contributed by atoms with Crippen molar-refractivity contribution in [3.05, 3.63) is 120 Å². The number of halogens is 2. The van der Waals surface area contributed by atoms with E-state index in [1.165, 1.54) is 38.5 Å². The fourth-order valence-electron chi connectivity index (χ4n) is 4.50. The van der Waals surface area contributed by atoms with Gasteiger partial charge in [-0.05, 0) is 71.8 Å². The Morgan fingerprint density at radius 1 is 0.800 bits per heavy atom. The van der Waals surface area contributed by atoms with Crippen molar-refractivity contribution in [3.8, 4) is 11.5 Å². The largest absolute Gasteiger partial charge is 0.493 e. The Morgan fingerprint density at radius 3 is 2.04 bits per heavy atom. The number of hydrogen-bond donors (Lipinski definition) is 2. The second kappa shape index (κ2) is 15.6. The summed E-state index contributed by atoms with van der Waals surface area (Å²) >= 11 is 0. The van der Waals surface area contributed by atoms with Crippen LogP contribution in [0.5, 0.6) is 11.5 Å².